The molecule has 1 amide bonds. The molecule has 0 aliphatic heterocycles. The van der Waals surface area contributed by atoms with Crippen LogP contribution in [0.2, 0.25) is 0 Å². The van der Waals surface area contributed by atoms with Crippen LogP contribution in [-0.2, 0) is 4.79 Å². The lowest BCUT2D eigenvalue weighted by molar-refractivity contribution is -0.118. The fourth-order valence-electron chi connectivity index (χ4n) is 2.23. The Balaban J connectivity index is 2.53. The summed E-state index contributed by atoms with van der Waals surface area (Å²) < 4.78 is 7.33. The molecular weight excluding hydrogens is 244 g/mol. The van der Waals surface area contributed by atoms with Gasteiger partial charge in [-0.25, -0.2) is 4.98 Å². The number of nitrogens with zero attached hydrogens (tertiary/aromatic N) is 2. The molecular formula is C13H18N4O2. The largest absolute Gasteiger partial charge is 0.492 e. The molecule has 6 nitrogen and oxygen atoms in total. The molecule has 102 valence electrons. The third kappa shape index (κ3) is 2.47. The fraction of sp³-hybridized carbons (Fsp3) is 0.385. The van der Waals surface area contributed by atoms with E-state index in [1.165, 1.54) is 0 Å². The summed E-state index contributed by atoms with van der Waals surface area (Å²) in [6.07, 6.45) is 0.217. The van der Waals surface area contributed by atoms with Crippen molar-refractivity contribution in [2.45, 2.75) is 26.3 Å². The van der Waals surface area contributed by atoms with Gasteiger partial charge in [-0.1, -0.05) is 6.07 Å². The molecule has 1 aromatic heterocycles. The number of nitrogen functional groups attached to an aromatic ring is 1. The van der Waals surface area contributed by atoms with Gasteiger partial charge in [-0.2, -0.15) is 0 Å². The number of carbonyl (C=O) groups excluding carboxylic acids is 1. The van der Waals surface area contributed by atoms with Gasteiger partial charge in [-0.3, -0.25) is 4.79 Å². The molecule has 0 saturated heterocycles. The molecule has 2 aromatic rings. The summed E-state index contributed by atoms with van der Waals surface area (Å²) in [6.45, 7) is 4.35. The predicted molar refractivity (Wildman–Crippen MR) is 73.8 cm³/mol. The van der Waals surface area contributed by atoms with Crippen molar-refractivity contribution in [3.63, 3.8) is 0 Å². The van der Waals surface area contributed by atoms with Gasteiger partial charge in [-0.05, 0) is 26.0 Å². The van der Waals surface area contributed by atoms with Gasteiger partial charge in [-0.15, -0.1) is 0 Å². The van der Waals surface area contributed by atoms with Crippen molar-refractivity contribution >= 4 is 22.9 Å². The molecule has 0 radical (unpaired) electrons. The van der Waals surface area contributed by atoms with E-state index in [9.17, 15) is 4.79 Å². The molecule has 1 atom stereocenters. The van der Waals surface area contributed by atoms with Crippen molar-refractivity contribution in [1.29, 1.82) is 0 Å². The van der Waals surface area contributed by atoms with Crippen LogP contribution in [0.1, 0.15) is 26.3 Å². The Morgan fingerprint density at radius 3 is 2.89 bits per heavy atom. The van der Waals surface area contributed by atoms with Crippen LogP contribution in [-0.4, -0.2) is 22.1 Å². The number of rotatable bonds is 5. The number of ether oxygens (including phenoxy) is 1. The van der Waals surface area contributed by atoms with Gasteiger partial charge in [0.25, 0.3) is 0 Å². The van der Waals surface area contributed by atoms with Crippen molar-refractivity contribution in [3.05, 3.63) is 18.2 Å². The Morgan fingerprint density at radius 1 is 1.53 bits per heavy atom. The summed E-state index contributed by atoms with van der Waals surface area (Å²) in [5.74, 6) is 0.683. The SMILES string of the molecule is CCOc1cccc2c1nc(N)n2C(C)CC(N)=O. The van der Waals surface area contributed by atoms with Crippen LogP contribution in [0.3, 0.4) is 0 Å². The van der Waals surface area contributed by atoms with Crippen molar-refractivity contribution < 1.29 is 9.53 Å². The quantitative estimate of drug-likeness (QED) is 0.852. The van der Waals surface area contributed by atoms with Crippen LogP contribution in [0.5, 0.6) is 5.75 Å². The molecule has 19 heavy (non-hydrogen) atoms. The second-order valence-electron chi connectivity index (χ2n) is 4.42. The molecule has 0 aliphatic carbocycles. The lowest BCUT2D eigenvalue weighted by atomic mass is 10.2. The summed E-state index contributed by atoms with van der Waals surface area (Å²) in [7, 11) is 0. The van der Waals surface area contributed by atoms with Crippen LogP contribution in [0.4, 0.5) is 5.95 Å². The summed E-state index contributed by atoms with van der Waals surface area (Å²) in [4.78, 5) is 15.4. The highest BCUT2D eigenvalue weighted by Gasteiger charge is 2.17. The monoisotopic (exact) mass is 262 g/mol. The average molecular weight is 262 g/mol. The van der Waals surface area contributed by atoms with Crippen LogP contribution in [0.25, 0.3) is 11.0 Å². The Bertz CT molecular complexity index is 606. The number of hydrogen-bond donors (Lipinski definition) is 2. The van der Waals surface area contributed by atoms with E-state index in [1.807, 2.05) is 36.6 Å². The average Bonchev–Trinajstić information content (AvgIpc) is 2.66. The summed E-state index contributed by atoms with van der Waals surface area (Å²) >= 11 is 0. The van der Waals surface area contributed by atoms with Crippen LogP contribution in [0, 0.1) is 0 Å². The lowest BCUT2D eigenvalue weighted by Gasteiger charge is -2.14. The number of carbonyl (C=O) groups is 1. The Hall–Kier alpha value is -2.24. The minimum atomic E-state index is -0.366. The third-order valence-electron chi connectivity index (χ3n) is 2.95. The van der Waals surface area contributed by atoms with Gasteiger partial charge >= 0.3 is 0 Å². The second kappa shape index (κ2) is 5.17. The molecule has 0 aliphatic rings. The van der Waals surface area contributed by atoms with E-state index in [4.69, 9.17) is 16.2 Å². The number of amides is 1. The van der Waals surface area contributed by atoms with Crippen molar-refractivity contribution in [2.75, 3.05) is 12.3 Å². The molecule has 0 spiro atoms. The number of para-hydroxylation sites is 1. The van der Waals surface area contributed by atoms with Gasteiger partial charge < -0.3 is 20.8 Å². The van der Waals surface area contributed by atoms with E-state index in [1.54, 1.807) is 0 Å². The first-order chi connectivity index (χ1) is 9.04. The van der Waals surface area contributed by atoms with E-state index in [0.717, 1.165) is 5.52 Å². The highest BCUT2D eigenvalue weighted by Crippen LogP contribution is 2.30. The van der Waals surface area contributed by atoms with E-state index in [2.05, 4.69) is 4.98 Å². The van der Waals surface area contributed by atoms with Gasteiger partial charge in [0.15, 0.2) is 0 Å². The zero-order valence-electron chi connectivity index (χ0n) is 11.1. The summed E-state index contributed by atoms with van der Waals surface area (Å²) in [5.41, 5.74) is 12.7. The van der Waals surface area contributed by atoms with Crippen LogP contribution < -0.4 is 16.2 Å². The number of nitrogens with two attached hydrogens (primary N) is 2. The van der Waals surface area contributed by atoms with Gasteiger partial charge in [0, 0.05) is 12.5 Å². The molecule has 6 heteroatoms. The lowest BCUT2D eigenvalue weighted by Crippen LogP contribution is -2.18. The number of imidazole rings is 1. The number of fused-ring (bicyclic) bond motifs is 1. The van der Waals surface area contributed by atoms with E-state index in [-0.39, 0.29) is 18.4 Å². The summed E-state index contributed by atoms with van der Waals surface area (Å²) in [5, 5.41) is 0. The standard InChI is InChI=1S/C13H18N4O2/c1-3-19-10-6-4-5-9-12(10)16-13(15)17(9)8(2)7-11(14)18/h4-6,8H,3,7H2,1-2H3,(H2,14,18)(H2,15,16). The molecule has 1 aromatic carbocycles. The maximum absolute atomic E-state index is 11.0. The van der Waals surface area contributed by atoms with Gasteiger partial charge in [0.05, 0.1) is 12.1 Å². The maximum atomic E-state index is 11.0. The number of anilines is 1. The predicted octanol–water partition coefficient (Wildman–Crippen LogP) is 1.45. The molecule has 1 heterocycles. The zero-order chi connectivity index (χ0) is 14.0. The van der Waals surface area contributed by atoms with Gasteiger partial charge in [0.2, 0.25) is 11.9 Å². The maximum Gasteiger partial charge on any atom is 0.219 e. The minimum Gasteiger partial charge on any atom is -0.492 e. The second-order valence-corrected chi connectivity index (χ2v) is 4.42. The molecule has 1 unspecified atom stereocenters. The van der Waals surface area contributed by atoms with E-state index >= 15 is 0 Å². The Labute approximate surface area is 111 Å². The highest BCUT2D eigenvalue weighted by molar-refractivity contribution is 5.85. The molecule has 4 N–H and O–H groups in total. The minimum absolute atomic E-state index is 0.139. The van der Waals surface area contributed by atoms with Crippen molar-refractivity contribution in [1.82, 2.24) is 9.55 Å². The van der Waals surface area contributed by atoms with Crippen molar-refractivity contribution in [3.8, 4) is 5.75 Å². The third-order valence-corrected chi connectivity index (χ3v) is 2.95. The first kappa shape index (κ1) is 13.2. The first-order valence-corrected chi connectivity index (χ1v) is 6.22. The molecule has 0 bridgehead atoms. The zero-order valence-corrected chi connectivity index (χ0v) is 11.1. The molecule has 0 saturated carbocycles. The summed E-state index contributed by atoms with van der Waals surface area (Å²) in [6, 6.07) is 5.49. The Morgan fingerprint density at radius 2 is 2.26 bits per heavy atom. The highest BCUT2D eigenvalue weighted by atomic mass is 16.5. The number of benzene rings is 1. The van der Waals surface area contributed by atoms with E-state index < -0.39 is 0 Å². The first-order valence-electron chi connectivity index (χ1n) is 6.22. The van der Waals surface area contributed by atoms with Gasteiger partial charge in [0.1, 0.15) is 11.3 Å². The van der Waals surface area contributed by atoms with Crippen LogP contribution >= 0.6 is 0 Å². The van der Waals surface area contributed by atoms with Crippen molar-refractivity contribution in [2.24, 2.45) is 5.73 Å². The van der Waals surface area contributed by atoms with E-state index in [0.29, 0.717) is 23.8 Å². The smallest absolute Gasteiger partial charge is 0.219 e. The molecule has 0 fully saturated rings. The van der Waals surface area contributed by atoms with Crippen LogP contribution in [0.15, 0.2) is 18.2 Å². The number of hydrogen-bond acceptors (Lipinski definition) is 4. The normalized spacial score (nSPS) is 12.5. The molecule has 2 rings (SSSR count). The fourth-order valence-corrected chi connectivity index (χ4v) is 2.23. The number of primary amides is 1. The number of aromatic nitrogens is 2. The Kier molecular flexibility index (Phi) is 3.59. The topological polar surface area (TPSA) is 96.2 Å².